The van der Waals surface area contributed by atoms with Crippen LogP contribution in [0.5, 0.6) is 0 Å². The number of nitrogens with zero attached hydrogens (tertiary/aromatic N) is 1. The van der Waals surface area contributed by atoms with E-state index in [9.17, 15) is 9.65 Å². The summed E-state index contributed by atoms with van der Waals surface area (Å²) in [5, 5.41) is 9.28. The fraction of sp³-hybridized carbons (Fsp3) is 0. The van der Waals surface area contributed by atoms with Gasteiger partial charge in [-0.3, -0.25) is 0 Å². The summed E-state index contributed by atoms with van der Waals surface area (Å²) in [4.78, 5) is 0. The lowest BCUT2D eigenvalue weighted by Crippen LogP contribution is -2.02. The fourth-order valence-corrected chi connectivity index (χ4v) is 2.29. The Labute approximate surface area is 119 Å². The van der Waals surface area contributed by atoms with Crippen LogP contribution >= 0.6 is 15.9 Å². The van der Waals surface area contributed by atoms with Gasteiger partial charge in [0.2, 0.25) is 0 Å². The molecule has 2 aromatic rings. The number of hydrogen-bond acceptors (Lipinski definition) is 2. The largest absolute Gasteiger partial charge is 0.397 e. The van der Waals surface area contributed by atoms with Crippen molar-refractivity contribution in [1.82, 2.24) is 0 Å². The van der Waals surface area contributed by atoms with E-state index in [2.05, 4.69) is 22.0 Å². The third-order valence-electron chi connectivity index (χ3n) is 2.66. The van der Waals surface area contributed by atoms with E-state index in [0.717, 1.165) is 5.56 Å². The minimum Gasteiger partial charge on any atom is -0.397 e. The Bertz CT molecular complexity index is 672. The summed E-state index contributed by atoms with van der Waals surface area (Å²) in [7, 11) is 0. The van der Waals surface area contributed by atoms with Crippen molar-refractivity contribution in [3.05, 3.63) is 69.9 Å². The van der Waals surface area contributed by atoms with Crippen molar-refractivity contribution < 1.29 is 4.39 Å². The summed E-state index contributed by atoms with van der Waals surface area (Å²) in [6, 6.07) is 15.4. The van der Waals surface area contributed by atoms with E-state index in [-0.39, 0.29) is 5.82 Å². The first-order valence-electron chi connectivity index (χ1n) is 5.54. The van der Waals surface area contributed by atoms with Gasteiger partial charge in [0.1, 0.15) is 11.9 Å². The Hall–Kier alpha value is -2.12. The van der Waals surface area contributed by atoms with Crippen LogP contribution in [0.4, 0.5) is 4.39 Å². The maximum atomic E-state index is 13.1. The molecule has 0 heterocycles. The predicted molar refractivity (Wildman–Crippen MR) is 77.2 cm³/mol. The van der Waals surface area contributed by atoms with Gasteiger partial charge in [-0.2, -0.15) is 5.26 Å². The monoisotopic (exact) mass is 316 g/mol. The second-order valence-electron chi connectivity index (χ2n) is 3.89. The average molecular weight is 317 g/mol. The molecule has 0 unspecified atom stereocenters. The summed E-state index contributed by atoms with van der Waals surface area (Å²) in [6.45, 7) is 0. The van der Waals surface area contributed by atoms with Gasteiger partial charge in [-0.05, 0) is 39.7 Å². The minimum absolute atomic E-state index is 0.320. The van der Waals surface area contributed by atoms with Crippen molar-refractivity contribution in [3.8, 4) is 6.07 Å². The molecule has 0 fully saturated rings. The zero-order chi connectivity index (χ0) is 13.8. The molecule has 0 aromatic heterocycles. The molecule has 19 heavy (non-hydrogen) atoms. The van der Waals surface area contributed by atoms with Gasteiger partial charge in [-0.25, -0.2) is 4.39 Å². The van der Waals surface area contributed by atoms with Crippen LogP contribution in [0.15, 0.2) is 53.0 Å². The van der Waals surface area contributed by atoms with E-state index in [1.165, 1.54) is 12.1 Å². The first-order chi connectivity index (χ1) is 9.13. The normalized spacial score (nSPS) is 11.6. The van der Waals surface area contributed by atoms with Crippen molar-refractivity contribution in [3.63, 3.8) is 0 Å². The van der Waals surface area contributed by atoms with E-state index in [1.807, 2.05) is 30.3 Å². The lowest BCUT2D eigenvalue weighted by Gasteiger charge is -2.08. The maximum Gasteiger partial charge on any atom is 0.124 e. The average Bonchev–Trinajstić information content (AvgIpc) is 2.40. The number of rotatable bonds is 2. The molecular formula is C15H10BrFN2. The zero-order valence-corrected chi connectivity index (χ0v) is 11.5. The zero-order valence-electron chi connectivity index (χ0n) is 9.90. The summed E-state index contributed by atoms with van der Waals surface area (Å²) in [5.74, 6) is -0.360. The molecule has 0 radical (unpaired) electrons. The molecule has 2 N–H and O–H groups in total. The van der Waals surface area contributed by atoms with E-state index in [0.29, 0.717) is 21.3 Å². The maximum absolute atomic E-state index is 13.1. The minimum atomic E-state index is -0.360. The molecule has 0 aliphatic heterocycles. The highest BCUT2D eigenvalue weighted by Crippen LogP contribution is 2.28. The van der Waals surface area contributed by atoms with E-state index >= 15 is 0 Å². The van der Waals surface area contributed by atoms with E-state index in [4.69, 9.17) is 5.73 Å². The number of nitriles is 1. The predicted octanol–water partition coefficient (Wildman–Crippen LogP) is 3.94. The number of nitrogens with two attached hydrogens (primary N) is 1. The Balaban J connectivity index is 2.59. The molecule has 2 aromatic carbocycles. The first-order valence-corrected chi connectivity index (χ1v) is 6.33. The van der Waals surface area contributed by atoms with Gasteiger partial charge in [-0.1, -0.05) is 30.3 Å². The highest BCUT2D eigenvalue weighted by atomic mass is 79.9. The summed E-state index contributed by atoms with van der Waals surface area (Å²) >= 11 is 3.25. The van der Waals surface area contributed by atoms with Crippen LogP contribution in [-0.4, -0.2) is 0 Å². The Kier molecular flexibility index (Phi) is 3.98. The van der Waals surface area contributed by atoms with Crippen molar-refractivity contribution in [2.24, 2.45) is 5.73 Å². The van der Waals surface area contributed by atoms with Crippen LogP contribution in [0.2, 0.25) is 0 Å². The summed E-state index contributed by atoms with van der Waals surface area (Å²) in [5.41, 5.74) is 8.06. The highest BCUT2D eigenvalue weighted by Gasteiger charge is 2.11. The summed E-state index contributed by atoms with van der Waals surface area (Å²) in [6.07, 6.45) is 0. The molecule has 0 amide bonds. The quantitative estimate of drug-likeness (QED) is 0.674. The number of hydrogen-bond donors (Lipinski definition) is 1. The SMILES string of the molecule is N#C/C(=C(/N)c1ccc(F)cc1Br)c1ccccc1. The molecule has 0 atom stereocenters. The number of allylic oxidation sites excluding steroid dienone is 1. The van der Waals surface area contributed by atoms with Gasteiger partial charge in [0.15, 0.2) is 0 Å². The lowest BCUT2D eigenvalue weighted by molar-refractivity contribution is 0.627. The Morgan fingerprint density at radius 2 is 1.84 bits per heavy atom. The van der Waals surface area contributed by atoms with Crippen molar-refractivity contribution in [2.45, 2.75) is 0 Å². The molecular weight excluding hydrogens is 307 g/mol. The number of benzene rings is 2. The topological polar surface area (TPSA) is 49.8 Å². The smallest absolute Gasteiger partial charge is 0.124 e. The van der Waals surface area contributed by atoms with Gasteiger partial charge < -0.3 is 5.73 Å². The van der Waals surface area contributed by atoms with Crippen molar-refractivity contribution in [2.75, 3.05) is 0 Å². The molecule has 0 saturated carbocycles. The molecule has 4 heteroatoms. The Morgan fingerprint density at radius 1 is 1.16 bits per heavy atom. The summed E-state index contributed by atoms with van der Waals surface area (Å²) < 4.78 is 13.6. The first kappa shape index (κ1) is 13.3. The fourth-order valence-electron chi connectivity index (χ4n) is 1.73. The van der Waals surface area contributed by atoms with Crippen LogP contribution in [-0.2, 0) is 0 Å². The highest BCUT2D eigenvalue weighted by molar-refractivity contribution is 9.10. The standard InChI is InChI=1S/C15H10BrFN2/c16-14-8-11(17)6-7-12(14)15(19)13(9-18)10-4-2-1-3-5-10/h1-8H,19H2/b15-13-. The third kappa shape index (κ3) is 2.83. The van der Waals surface area contributed by atoms with Gasteiger partial charge in [0.05, 0.1) is 11.3 Å². The molecule has 0 aliphatic rings. The molecule has 0 saturated heterocycles. The van der Waals surface area contributed by atoms with Crippen molar-refractivity contribution >= 4 is 27.2 Å². The Morgan fingerprint density at radius 3 is 2.42 bits per heavy atom. The second kappa shape index (κ2) is 5.68. The van der Waals surface area contributed by atoms with E-state index < -0.39 is 0 Å². The van der Waals surface area contributed by atoms with Gasteiger partial charge in [0, 0.05) is 10.0 Å². The van der Waals surface area contributed by atoms with Gasteiger partial charge in [-0.15, -0.1) is 0 Å². The van der Waals surface area contributed by atoms with Crippen LogP contribution in [0.3, 0.4) is 0 Å². The lowest BCUT2D eigenvalue weighted by atomic mass is 10.0. The van der Waals surface area contributed by atoms with Crippen LogP contribution < -0.4 is 5.73 Å². The third-order valence-corrected chi connectivity index (χ3v) is 3.32. The second-order valence-corrected chi connectivity index (χ2v) is 4.75. The molecule has 0 bridgehead atoms. The molecule has 0 aliphatic carbocycles. The van der Waals surface area contributed by atoms with Gasteiger partial charge in [0.25, 0.3) is 0 Å². The molecule has 2 nitrogen and oxygen atoms in total. The van der Waals surface area contributed by atoms with Crippen molar-refractivity contribution in [1.29, 1.82) is 5.26 Å². The van der Waals surface area contributed by atoms with E-state index in [1.54, 1.807) is 6.07 Å². The molecule has 0 spiro atoms. The molecule has 2 rings (SSSR count). The van der Waals surface area contributed by atoms with Crippen LogP contribution in [0.1, 0.15) is 11.1 Å². The van der Waals surface area contributed by atoms with Gasteiger partial charge >= 0.3 is 0 Å². The van der Waals surface area contributed by atoms with Crippen LogP contribution in [0, 0.1) is 17.1 Å². The number of halogens is 2. The van der Waals surface area contributed by atoms with Crippen LogP contribution in [0.25, 0.3) is 11.3 Å². The molecule has 94 valence electrons.